The molecule has 142 valence electrons. The summed E-state index contributed by atoms with van der Waals surface area (Å²) in [7, 11) is 3.08. The van der Waals surface area contributed by atoms with E-state index in [1.54, 1.807) is 14.0 Å². The summed E-state index contributed by atoms with van der Waals surface area (Å²) < 4.78 is 23.0. The SMILES string of the molecule is CCC(=O)Oc1c(OC)c(OC)c(OC(C)CC)c2cc(C)c(C)cc12. The number of esters is 1. The van der Waals surface area contributed by atoms with Gasteiger partial charge < -0.3 is 18.9 Å². The van der Waals surface area contributed by atoms with Crippen molar-refractivity contribution in [3.63, 3.8) is 0 Å². The van der Waals surface area contributed by atoms with Gasteiger partial charge in [-0.1, -0.05) is 13.8 Å². The van der Waals surface area contributed by atoms with E-state index in [-0.39, 0.29) is 18.5 Å². The molecule has 2 aromatic carbocycles. The molecule has 0 aliphatic rings. The Morgan fingerprint density at radius 3 is 1.88 bits per heavy atom. The predicted molar refractivity (Wildman–Crippen MR) is 103 cm³/mol. The number of hydrogen-bond acceptors (Lipinski definition) is 5. The molecule has 1 unspecified atom stereocenters. The van der Waals surface area contributed by atoms with Crippen molar-refractivity contribution in [3.05, 3.63) is 23.3 Å². The van der Waals surface area contributed by atoms with Gasteiger partial charge in [0.05, 0.1) is 20.3 Å². The first-order valence-corrected chi connectivity index (χ1v) is 8.94. The molecule has 26 heavy (non-hydrogen) atoms. The van der Waals surface area contributed by atoms with E-state index in [0.717, 1.165) is 28.3 Å². The van der Waals surface area contributed by atoms with Crippen molar-refractivity contribution in [3.8, 4) is 23.0 Å². The van der Waals surface area contributed by atoms with Gasteiger partial charge in [-0.3, -0.25) is 4.79 Å². The number of ether oxygens (including phenoxy) is 4. The molecule has 0 saturated carbocycles. The Hall–Kier alpha value is -2.43. The molecule has 0 aromatic heterocycles. The summed E-state index contributed by atoms with van der Waals surface area (Å²) in [5.74, 6) is 1.44. The smallest absolute Gasteiger partial charge is 0.311 e. The van der Waals surface area contributed by atoms with E-state index < -0.39 is 0 Å². The highest BCUT2D eigenvalue weighted by atomic mass is 16.6. The zero-order valence-corrected chi connectivity index (χ0v) is 16.7. The van der Waals surface area contributed by atoms with Gasteiger partial charge >= 0.3 is 5.97 Å². The van der Waals surface area contributed by atoms with Crippen LogP contribution in [0.2, 0.25) is 0 Å². The first kappa shape index (κ1) is 19.9. The number of aryl methyl sites for hydroxylation is 2. The van der Waals surface area contributed by atoms with Crippen LogP contribution in [0.3, 0.4) is 0 Å². The Balaban J connectivity index is 2.90. The van der Waals surface area contributed by atoms with Gasteiger partial charge in [-0.2, -0.15) is 0 Å². The summed E-state index contributed by atoms with van der Waals surface area (Å²) in [5, 5.41) is 1.61. The summed E-state index contributed by atoms with van der Waals surface area (Å²) in [6.07, 6.45) is 1.12. The third-order valence-electron chi connectivity index (χ3n) is 4.55. The fourth-order valence-electron chi connectivity index (χ4n) is 2.70. The van der Waals surface area contributed by atoms with Crippen LogP contribution in [0.25, 0.3) is 10.8 Å². The molecule has 0 bridgehead atoms. The van der Waals surface area contributed by atoms with Crippen LogP contribution in [0.5, 0.6) is 23.0 Å². The van der Waals surface area contributed by atoms with E-state index in [1.807, 2.05) is 32.9 Å². The lowest BCUT2D eigenvalue weighted by Crippen LogP contribution is -2.13. The van der Waals surface area contributed by atoms with Crippen molar-refractivity contribution < 1.29 is 23.7 Å². The van der Waals surface area contributed by atoms with Crippen LogP contribution in [0.1, 0.15) is 44.7 Å². The molecule has 5 nitrogen and oxygen atoms in total. The van der Waals surface area contributed by atoms with E-state index in [1.165, 1.54) is 7.11 Å². The average molecular weight is 360 g/mol. The predicted octanol–water partition coefficient (Wildman–Crippen LogP) is 4.97. The topological polar surface area (TPSA) is 54.0 Å². The number of hydrogen-bond donors (Lipinski definition) is 0. The Kier molecular flexibility index (Phi) is 6.35. The van der Waals surface area contributed by atoms with Crippen LogP contribution in [0.15, 0.2) is 12.1 Å². The van der Waals surface area contributed by atoms with E-state index in [4.69, 9.17) is 18.9 Å². The fourth-order valence-corrected chi connectivity index (χ4v) is 2.70. The lowest BCUT2D eigenvalue weighted by Gasteiger charge is -2.22. The number of methoxy groups -OCH3 is 2. The second-order valence-corrected chi connectivity index (χ2v) is 6.37. The molecule has 0 heterocycles. The van der Waals surface area contributed by atoms with Gasteiger partial charge in [0.1, 0.15) is 0 Å². The van der Waals surface area contributed by atoms with E-state index in [0.29, 0.717) is 23.0 Å². The van der Waals surface area contributed by atoms with Gasteiger partial charge in [-0.25, -0.2) is 0 Å². The van der Waals surface area contributed by atoms with Crippen molar-refractivity contribution >= 4 is 16.7 Å². The Morgan fingerprint density at radius 2 is 1.42 bits per heavy atom. The zero-order chi connectivity index (χ0) is 19.4. The van der Waals surface area contributed by atoms with Crippen molar-refractivity contribution in [1.82, 2.24) is 0 Å². The van der Waals surface area contributed by atoms with Gasteiger partial charge in [-0.05, 0) is 50.5 Å². The molecular weight excluding hydrogens is 332 g/mol. The monoisotopic (exact) mass is 360 g/mol. The lowest BCUT2D eigenvalue weighted by atomic mass is 10.00. The highest BCUT2D eigenvalue weighted by Crippen LogP contribution is 2.52. The van der Waals surface area contributed by atoms with Crippen LogP contribution in [0.4, 0.5) is 0 Å². The normalized spacial score (nSPS) is 12.0. The molecular formula is C21H28O5. The minimum Gasteiger partial charge on any atom is -0.490 e. The van der Waals surface area contributed by atoms with Gasteiger partial charge in [0.25, 0.3) is 0 Å². The highest BCUT2D eigenvalue weighted by Gasteiger charge is 2.26. The minimum absolute atomic E-state index is 0.00228. The van der Waals surface area contributed by atoms with Crippen molar-refractivity contribution in [2.24, 2.45) is 0 Å². The molecule has 2 rings (SSSR count). The van der Waals surface area contributed by atoms with E-state index in [9.17, 15) is 4.79 Å². The second-order valence-electron chi connectivity index (χ2n) is 6.37. The number of rotatable bonds is 7. The zero-order valence-electron chi connectivity index (χ0n) is 16.7. The first-order valence-electron chi connectivity index (χ1n) is 8.94. The van der Waals surface area contributed by atoms with Crippen molar-refractivity contribution in [2.45, 2.75) is 53.6 Å². The van der Waals surface area contributed by atoms with Gasteiger partial charge in [-0.15, -0.1) is 0 Å². The van der Waals surface area contributed by atoms with Crippen molar-refractivity contribution in [1.29, 1.82) is 0 Å². The third-order valence-corrected chi connectivity index (χ3v) is 4.55. The quantitative estimate of drug-likeness (QED) is 0.515. The average Bonchev–Trinajstić information content (AvgIpc) is 2.64. The second kappa shape index (κ2) is 8.30. The Bertz CT molecular complexity index is 810. The summed E-state index contributed by atoms with van der Waals surface area (Å²) >= 11 is 0. The molecule has 5 heteroatoms. The maximum absolute atomic E-state index is 12.0. The number of benzene rings is 2. The molecule has 0 fully saturated rings. The number of fused-ring (bicyclic) bond motifs is 1. The summed E-state index contributed by atoms with van der Waals surface area (Å²) in [6.45, 7) is 9.87. The number of carbonyl (C=O) groups is 1. The van der Waals surface area contributed by atoms with Crippen LogP contribution < -0.4 is 18.9 Å². The van der Waals surface area contributed by atoms with Crippen LogP contribution in [-0.4, -0.2) is 26.3 Å². The molecule has 0 radical (unpaired) electrons. The lowest BCUT2D eigenvalue weighted by molar-refractivity contribution is -0.134. The molecule has 0 aliphatic carbocycles. The molecule has 0 aliphatic heterocycles. The highest BCUT2D eigenvalue weighted by molar-refractivity contribution is 6.01. The van der Waals surface area contributed by atoms with Gasteiger partial charge in [0.2, 0.25) is 11.5 Å². The maximum atomic E-state index is 12.0. The van der Waals surface area contributed by atoms with Gasteiger partial charge in [0.15, 0.2) is 11.5 Å². The standard InChI is InChI=1S/C21H28O5/c1-8-14(5)25-18-15-10-12(3)13(4)11-16(15)19(26-17(22)9-2)21(24-7)20(18)23-6/h10-11,14H,8-9H2,1-7H3. The summed E-state index contributed by atoms with van der Waals surface area (Å²) in [6, 6.07) is 4.03. The molecule has 2 aromatic rings. The Labute approximate surface area is 155 Å². The van der Waals surface area contributed by atoms with E-state index >= 15 is 0 Å². The van der Waals surface area contributed by atoms with Crippen LogP contribution in [0, 0.1) is 13.8 Å². The first-order chi connectivity index (χ1) is 12.4. The van der Waals surface area contributed by atoms with Crippen molar-refractivity contribution in [2.75, 3.05) is 14.2 Å². The minimum atomic E-state index is -0.333. The molecule has 0 spiro atoms. The van der Waals surface area contributed by atoms with Gasteiger partial charge in [0, 0.05) is 17.2 Å². The molecule has 0 N–H and O–H groups in total. The molecule has 1 atom stereocenters. The number of carbonyl (C=O) groups excluding carboxylic acids is 1. The summed E-state index contributed by atoms with van der Waals surface area (Å²) in [4.78, 5) is 12.0. The fraction of sp³-hybridized carbons (Fsp3) is 0.476. The van der Waals surface area contributed by atoms with E-state index in [2.05, 4.69) is 6.92 Å². The maximum Gasteiger partial charge on any atom is 0.311 e. The largest absolute Gasteiger partial charge is 0.490 e. The Morgan fingerprint density at radius 1 is 0.923 bits per heavy atom. The van der Waals surface area contributed by atoms with Crippen LogP contribution >= 0.6 is 0 Å². The third kappa shape index (κ3) is 3.71. The summed E-state index contributed by atoms with van der Waals surface area (Å²) in [5.41, 5.74) is 2.21. The van der Waals surface area contributed by atoms with Crippen LogP contribution in [-0.2, 0) is 4.79 Å². The molecule has 0 saturated heterocycles. The molecule has 0 amide bonds.